The summed E-state index contributed by atoms with van der Waals surface area (Å²) < 4.78 is 71.3. The molecule has 6 nitrogen and oxygen atoms in total. The first-order chi connectivity index (χ1) is 17.1. The van der Waals surface area contributed by atoms with Crippen molar-refractivity contribution in [2.45, 2.75) is 0 Å². The highest BCUT2D eigenvalue weighted by atomic mass is 32.2. The second-order valence-corrected chi connectivity index (χ2v) is 10.7. The lowest BCUT2D eigenvalue weighted by Crippen LogP contribution is -2.09. The molecule has 0 fully saturated rings. The molecule has 2 N–H and O–H groups in total. The number of benzene rings is 4. The molecule has 8 heteroatoms. The van der Waals surface area contributed by atoms with Crippen LogP contribution in [0.3, 0.4) is 0 Å². The standard InChI is InChI=1S/C28H22O6S2/c29-35(30,31)26(19-21-11-4-1-5-12-21)25-18-10-17-24(23-15-8-3-9-16-23)28(25)27(36(32,33)34)20-22-13-6-2-7-14-22/h1-20H,(H,29,30,31)(H,32,33,34). The van der Waals surface area contributed by atoms with Crippen molar-refractivity contribution < 1.29 is 25.9 Å². The number of hydrogen-bond acceptors (Lipinski definition) is 4. The minimum Gasteiger partial charge on any atom is -0.282 e. The van der Waals surface area contributed by atoms with E-state index in [1.54, 1.807) is 103 Å². The number of rotatable bonds is 7. The van der Waals surface area contributed by atoms with Crippen LogP contribution in [-0.2, 0) is 20.2 Å². The third kappa shape index (κ3) is 5.87. The molecule has 0 heterocycles. The van der Waals surface area contributed by atoms with E-state index in [0.29, 0.717) is 22.3 Å². The van der Waals surface area contributed by atoms with Gasteiger partial charge in [-0.3, -0.25) is 9.11 Å². The minimum atomic E-state index is -4.86. The van der Waals surface area contributed by atoms with Gasteiger partial charge in [0.05, 0.1) is 0 Å². The van der Waals surface area contributed by atoms with Crippen molar-refractivity contribution in [3.8, 4) is 11.1 Å². The summed E-state index contributed by atoms with van der Waals surface area (Å²) >= 11 is 0. The Morgan fingerprint density at radius 2 is 0.972 bits per heavy atom. The van der Waals surface area contributed by atoms with E-state index in [4.69, 9.17) is 0 Å². The Bertz CT molecular complexity index is 1640. The fraction of sp³-hybridized carbons (Fsp3) is 0. The van der Waals surface area contributed by atoms with Crippen molar-refractivity contribution >= 4 is 42.2 Å². The quantitative estimate of drug-likeness (QED) is 0.225. The van der Waals surface area contributed by atoms with Gasteiger partial charge in [0, 0.05) is 11.1 Å². The van der Waals surface area contributed by atoms with Crippen LogP contribution >= 0.6 is 0 Å². The predicted octanol–water partition coefficient (Wildman–Crippen LogP) is 6.13. The van der Waals surface area contributed by atoms with E-state index in [1.807, 2.05) is 0 Å². The van der Waals surface area contributed by atoms with Crippen LogP contribution < -0.4 is 0 Å². The van der Waals surface area contributed by atoms with Crippen LogP contribution in [0, 0.1) is 0 Å². The van der Waals surface area contributed by atoms with Crippen LogP contribution in [-0.4, -0.2) is 25.9 Å². The monoisotopic (exact) mass is 518 g/mol. The van der Waals surface area contributed by atoms with Gasteiger partial charge in [-0.15, -0.1) is 0 Å². The molecular weight excluding hydrogens is 496 g/mol. The van der Waals surface area contributed by atoms with Gasteiger partial charge in [0.25, 0.3) is 20.2 Å². The van der Waals surface area contributed by atoms with Gasteiger partial charge < -0.3 is 0 Å². The van der Waals surface area contributed by atoms with Crippen LogP contribution in [0.25, 0.3) is 33.1 Å². The first-order valence-corrected chi connectivity index (χ1v) is 13.7. The smallest absolute Gasteiger partial charge is 0.282 e. The molecule has 4 aromatic carbocycles. The normalized spacial score (nSPS) is 12.9. The van der Waals surface area contributed by atoms with Crippen molar-refractivity contribution in [1.82, 2.24) is 0 Å². The highest BCUT2D eigenvalue weighted by molar-refractivity contribution is 7.96. The average Bonchev–Trinajstić information content (AvgIpc) is 2.86. The third-order valence-electron chi connectivity index (χ3n) is 5.41. The summed E-state index contributed by atoms with van der Waals surface area (Å²) in [7, 11) is -9.70. The van der Waals surface area contributed by atoms with Crippen molar-refractivity contribution in [3.05, 3.63) is 131 Å². The Kier molecular flexibility index (Phi) is 7.32. The molecule has 0 radical (unpaired) electrons. The molecule has 0 aliphatic carbocycles. The fourth-order valence-corrected chi connectivity index (χ4v) is 5.35. The van der Waals surface area contributed by atoms with Gasteiger partial charge in [0.1, 0.15) is 9.81 Å². The molecule has 0 amide bonds. The van der Waals surface area contributed by atoms with Gasteiger partial charge in [0.2, 0.25) is 0 Å². The minimum absolute atomic E-state index is 0.0603. The van der Waals surface area contributed by atoms with Crippen LogP contribution in [0.5, 0.6) is 0 Å². The van der Waals surface area contributed by atoms with Crippen LogP contribution in [0.2, 0.25) is 0 Å². The molecule has 0 unspecified atom stereocenters. The zero-order valence-electron chi connectivity index (χ0n) is 18.9. The van der Waals surface area contributed by atoms with E-state index in [-0.39, 0.29) is 11.1 Å². The zero-order chi connectivity index (χ0) is 25.8. The second-order valence-electron chi connectivity index (χ2n) is 7.88. The molecule has 0 aliphatic rings. The van der Waals surface area contributed by atoms with E-state index >= 15 is 0 Å². The Morgan fingerprint density at radius 3 is 1.44 bits per heavy atom. The van der Waals surface area contributed by atoms with E-state index in [0.717, 1.165) is 0 Å². The van der Waals surface area contributed by atoms with Crippen molar-refractivity contribution in [2.75, 3.05) is 0 Å². The van der Waals surface area contributed by atoms with Crippen molar-refractivity contribution in [1.29, 1.82) is 0 Å². The maximum atomic E-state index is 12.8. The lowest BCUT2D eigenvalue weighted by Gasteiger charge is -2.18. The van der Waals surface area contributed by atoms with E-state index in [1.165, 1.54) is 18.2 Å². The Morgan fingerprint density at radius 1 is 0.528 bits per heavy atom. The van der Waals surface area contributed by atoms with Crippen molar-refractivity contribution in [3.63, 3.8) is 0 Å². The van der Waals surface area contributed by atoms with Gasteiger partial charge in [-0.1, -0.05) is 109 Å². The zero-order valence-corrected chi connectivity index (χ0v) is 20.5. The largest absolute Gasteiger partial charge is 0.295 e. The maximum Gasteiger partial charge on any atom is 0.295 e. The summed E-state index contributed by atoms with van der Waals surface area (Å²) in [5, 5.41) is 0. The summed E-state index contributed by atoms with van der Waals surface area (Å²) in [5.74, 6) is 0. The lowest BCUT2D eigenvalue weighted by molar-refractivity contribution is 0.493. The first kappa shape index (κ1) is 25.3. The molecule has 0 atom stereocenters. The molecule has 0 spiro atoms. The summed E-state index contributed by atoms with van der Waals surface area (Å²) in [4.78, 5) is -1.02. The Labute approximate surface area is 210 Å². The average molecular weight is 519 g/mol. The molecule has 0 aromatic heterocycles. The van der Waals surface area contributed by atoms with Gasteiger partial charge >= 0.3 is 0 Å². The summed E-state index contributed by atoms with van der Waals surface area (Å²) in [6.45, 7) is 0. The molecule has 182 valence electrons. The molecule has 36 heavy (non-hydrogen) atoms. The van der Waals surface area contributed by atoms with E-state index in [2.05, 4.69) is 0 Å². The van der Waals surface area contributed by atoms with Gasteiger partial charge in [-0.2, -0.15) is 16.8 Å². The molecule has 0 bridgehead atoms. The molecule has 0 saturated carbocycles. The van der Waals surface area contributed by atoms with E-state index < -0.39 is 30.0 Å². The SMILES string of the molecule is O=S(=O)(O)C(=Cc1ccccc1)c1cccc(-c2ccccc2)c1C(=Cc1ccccc1)S(=O)(=O)O. The Balaban J connectivity index is 2.14. The molecule has 4 aromatic rings. The Hall–Kier alpha value is -3.82. The van der Waals surface area contributed by atoms with Crippen LogP contribution in [0.4, 0.5) is 0 Å². The van der Waals surface area contributed by atoms with Crippen LogP contribution in [0.1, 0.15) is 22.3 Å². The van der Waals surface area contributed by atoms with Gasteiger partial charge in [-0.05, 0) is 34.4 Å². The highest BCUT2D eigenvalue weighted by Crippen LogP contribution is 2.40. The van der Waals surface area contributed by atoms with Gasteiger partial charge in [0.15, 0.2) is 0 Å². The molecule has 0 saturated heterocycles. The second kappa shape index (κ2) is 10.4. The fourth-order valence-electron chi connectivity index (χ4n) is 3.85. The lowest BCUT2D eigenvalue weighted by atomic mass is 9.93. The first-order valence-electron chi connectivity index (χ1n) is 10.8. The summed E-state index contributed by atoms with van der Waals surface area (Å²) in [5.41, 5.74) is 1.75. The highest BCUT2D eigenvalue weighted by Gasteiger charge is 2.28. The molecule has 4 rings (SSSR count). The summed E-state index contributed by atoms with van der Waals surface area (Å²) in [6.07, 6.45) is 2.53. The van der Waals surface area contributed by atoms with E-state index in [9.17, 15) is 25.9 Å². The van der Waals surface area contributed by atoms with Crippen LogP contribution in [0.15, 0.2) is 109 Å². The molecular formula is C28H22O6S2. The topological polar surface area (TPSA) is 109 Å². The number of hydrogen-bond donors (Lipinski definition) is 2. The van der Waals surface area contributed by atoms with Crippen molar-refractivity contribution in [2.24, 2.45) is 0 Å². The third-order valence-corrected chi connectivity index (χ3v) is 7.18. The predicted molar refractivity (Wildman–Crippen MR) is 144 cm³/mol. The molecule has 0 aliphatic heterocycles. The summed E-state index contributed by atoms with van der Waals surface area (Å²) in [6, 6.07) is 30.3. The van der Waals surface area contributed by atoms with Gasteiger partial charge in [-0.25, -0.2) is 0 Å². The maximum absolute atomic E-state index is 12.8.